The topological polar surface area (TPSA) is 65.4 Å². The molecule has 0 amide bonds. The summed E-state index contributed by atoms with van der Waals surface area (Å²) in [5.74, 6) is 0.920. The minimum Gasteiger partial charge on any atom is -0.493 e. The molecule has 0 aliphatic carbocycles. The molecule has 0 unspecified atom stereocenters. The molecule has 1 aromatic rings. The Hall–Kier alpha value is -1.18. The molecule has 2 saturated heterocycles. The minimum atomic E-state index is -0.950. The van der Waals surface area contributed by atoms with Gasteiger partial charge in [0.05, 0.1) is 26.4 Å². The third-order valence-corrected chi connectivity index (χ3v) is 5.05. The zero-order valence-corrected chi connectivity index (χ0v) is 14.9. The molecule has 2 N–H and O–H groups in total. The lowest BCUT2D eigenvalue weighted by Crippen LogP contribution is -2.37. The summed E-state index contributed by atoms with van der Waals surface area (Å²) in [4.78, 5) is 4.59. The van der Waals surface area contributed by atoms with Gasteiger partial charge in [0.2, 0.25) is 0 Å². The molecule has 1 aromatic carbocycles. The first-order chi connectivity index (χ1) is 12.2. The Kier molecular flexibility index (Phi) is 6.67. The first-order valence-corrected chi connectivity index (χ1v) is 9.25. The molecule has 25 heavy (non-hydrogen) atoms. The highest BCUT2D eigenvalue weighted by Gasteiger charge is 2.35. The molecular formula is C19H30N2O4. The molecule has 0 saturated carbocycles. The molecular weight excluding hydrogens is 320 g/mol. The number of benzene rings is 1. The van der Waals surface area contributed by atoms with Crippen LogP contribution >= 0.6 is 0 Å². The quantitative estimate of drug-likeness (QED) is 0.674. The van der Waals surface area contributed by atoms with Crippen LogP contribution in [0.25, 0.3) is 0 Å². The molecule has 140 valence electrons. The van der Waals surface area contributed by atoms with Crippen LogP contribution in [0.4, 0.5) is 0 Å². The van der Waals surface area contributed by atoms with Crippen molar-refractivity contribution in [2.24, 2.45) is 0 Å². The summed E-state index contributed by atoms with van der Waals surface area (Å²) in [6, 6.07) is 8.10. The van der Waals surface area contributed by atoms with Crippen LogP contribution in [-0.2, 0) is 11.3 Å². The van der Waals surface area contributed by atoms with Crippen LogP contribution in [0.2, 0.25) is 0 Å². The van der Waals surface area contributed by atoms with E-state index in [0.717, 1.165) is 63.7 Å². The summed E-state index contributed by atoms with van der Waals surface area (Å²) < 4.78 is 11.4. The fourth-order valence-electron chi connectivity index (χ4n) is 3.52. The predicted molar refractivity (Wildman–Crippen MR) is 95.7 cm³/mol. The molecule has 0 radical (unpaired) electrons. The van der Waals surface area contributed by atoms with Crippen molar-refractivity contribution in [3.63, 3.8) is 0 Å². The van der Waals surface area contributed by atoms with Crippen molar-refractivity contribution >= 4 is 0 Å². The van der Waals surface area contributed by atoms with Crippen molar-refractivity contribution < 1.29 is 19.7 Å². The van der Waals surface area contributed by atoms with E-state index >= 15 is 0 Å². The Morgan fingerprint density at radius 1 is 1.12 bits per heavy atom. The van der Waals surface area contributed by atoms with Gasteiger partial charge in [-0.05, 0) is 18.9 Å². The van der Waals surface area contributed by atoms with Gasteiger partial charge in [-0.15, -0.1) is 0 Å². The Morgan fingerprint density at radius 2 is 1.92 bits per heavy atom. The maximum absolute atomic E-state index is 10.2. The lowest BCUT2D eigenvalue weighted by atomic mass is 10.1. The standard InChI is InChI=1S/C19H30N2O4/c22-16-19(23)6-8-21(15-19)14-17-4-1-2-5-18(17)25-11-3-7-20-9-12-24-13-10-20/h1-2,4-5,22-23H,3,6-16H2/t19-/m1/s1. The molecule has 0 spiro atoms. The van der Waals surface area contributed by atoms with E-state index in [-0.39, 0.29) is 6.61 Å². The van der Waals surface area contributed by atoms with Gasteiger partial charge < -0.3 is 19.7 Å². The summed E-state index contributed by atoms with van der Waals surface area (Å²) in [6.07, 6.45) is 1.62. The van der Waals surface area contributed by atoms with Gasteiger partial charge >= 0.3 is 0 Å². The molecule has 2 aliphatic heterocycles. The normalized spacial score (nSPS) is 25.4. The van der Waals surface area contributed by atoms with Crippen LogP contribution in [0, 0.1) is 0 Å². The number of morpholine rings is 1. The van der Waals surface area contributed by atoms with Gasteiger partial charge in [-0.2, -0.15) is 0 Å². The summed E-state index contributed by atoms with van der Waals surface area (Å²) in [5, 5.41) is 19.5. The van der Waals surface area contributed by atoms with Crippen LogP contribution in [0.1, 0.15) is 18.4 Å². The number of hydrogen-bond donors (Lipinski definition) is 2. The number of aliphatic hydroxyl groups is 2. The first-order valence-electron chi connectivity index (χ1n) is 9.25. The molecule has 6 heteroatoms. The van der Waals surface area contributed by atoms with Gasteiger partial charge in [-0.25, -0.2) is 0 Å². The van der Waals surface area contributed by atoms with E-state index in [1.165, 1.54) is 0 Å². The molecule has 2 heterocycles. The SMILES string of the molecule is OC[C@@]1(O)CCN(Cc2ccccc2OCCCN2CCOCC2)C1. The first kappa shape index (κ1) is 18.6. The summed E-state index contributed by atoms with van der Waals surface area (Å²) in [5.41, 5.74) is 0.185. The molecule has 2 aliphatic rings. The van der Waals surface area contributed by atoms with E-state index in [2.05, 4.69) is 15.9 Å². The molecule has 6 nitrogen and oxygen atoms in total. The van der Waals surface area contributed by atoms with Crippen molar-refractivity contribution in [2.75, 3.05) is 59.2 Å². The van der Waals surface area contributed by atoms with Gasteiger partial charge in [0.25, 0.3) is 0 Å². The average molecular weight is 350 g/mol. The van der Waals surface area contributed by atoms with Crippen LogP contribution in [0.15, 0.2) is 24.3 Å². The van der Waals surface area contributed by atoms with Crippen LogP contribution in [0.5, 0.6) is 5.75 Å². The number of aliphatic hydroxyl groups excluding tert-OH is 1. The third-order valence-electron chi connectivity index (χ3n) is 5.05. The minimum absolute atomic E-state index is 0.177. The van der Waals surface area contributed by atoms with Gasteiger partial charge in [-0.3, -0.25) is 9.80 Å². The second-order valence-corrected chi connectivity index (χ2v) is 7.11. The maximum Gasteiger partial charge on any atom is 0.123 e. The average Bonchev–Trinajstić information content (AvgIpc) is 3.02. The predicted octanol–water partition coefficient (Wildman–Crippen LogP) is 0.717. The Bertz CT molecular complexity index is 536. The molecule has 0 bridgehead atoms. The fraction of sp³-hybridized carbons (Fsp3) is 0.684. The van der Waals surface area contributed by atoms with Crippen molar-refractivity contribution in [2.45, 2.75) is 25.0 Å². The van der Waals surface area contributed by atoms with Gasteiger partial charge in [0.1, 0.15) is 11.4 Å². The zero-order valence-electron chi connectivity index (χ0n) is 14.9. The second-order valence-electron chi connectivity index (χ2n) is 7.11. The van der Waals surface area contributed by atoms with Crippen LogP contribution in [0.3, 0.4) is 0 Å². The number of rotatable bonds is 8. The second kappa shape index (κ2) is 8.96. The smallest absolute Gasteiger partial charge is 0.123 e. The zero-order chi connectivity index (χ0) is 17.5. The number of likely N-dealkylation sites (tertiary alicyclic amines) is 1. The highest BCUT2D eigenvalue weighted by atomic mass is 16.5. The highest BCUT2D eigenvalue weighted by molar-refractivity contribution is 5.33. The summed E-state index contributed by atoms with van der Waals surface area (Å²) in [6.45, 7) is 7.30. The Balaban J connectivity index is 1.46. The maximum atomic E-state index is 10.2. The van der Waals surface area contributed by atoms with E-state index in [1.807, 2.05) is 18.2 Å². The van der Waals surface area contributed by atoms with Crippen LogP contribution < -0.4 is 4.74 Å². The van der Waals surface area contributed by atoms with Crippen molar-refractivity contribution in [3.8, 4) is 5.75 Å². The third kappa shape index (κ3) is 5.39. The molecule has 3 rings (SSSR count). The lowest BCUT2D eigenvalue weighted by Gasteiger charge is -2.26. The van der Waals surface area contributed by atoms with E-state index < -0.39 is 5.60 Å². The van der Waals surface area contributed by atoms with Gasteiger partial charge in [-0.1, -0.05) is 18.2 Å². The molecule has 0 aromatic heterocycles. The fourth-order valence-corrected chi connectivity index (χ4v) is 3.52. The largest absolute Gasteiger partial charge is 0.493 e. The Labute approximate surface area is 149 Å². The van der Waals surface area contributed by atoms with Crippen molar-refractivity contribution in [3.05, 3.63) is 29.8 Å². The van der Waals surface area contributed by atoms with Gasteiger partial charge in [0.15, 0.2) is 0 Å². The van der Waals surface area contributed by atoms with Crippen LogP contribution in [-0.4, -0.2) is 84.8 Å². The highest BCUT2D eigenvalue weighted by Crippen LogP contribution is 2.26. The summed E-state index contributed by atoms with van der Waals surface area (Å²) >= 11 is 0. The number of para-hydroxylation sites is 1. The van der Waals surface area contributed by atoms with E-state index in [1.54, 1.807) is 0 Å². The van der Waals surface area contributed by atoms with Crippen molar-refractivity contribution in [1.29, 1.82) is 0 Å². The number of β-amino-alcohol motifs (C(OH)–C–C–N with tert-alkyl or cyclic N) is 1. The molecule has 1 atom stereocenters. The van der Waals surface area contributed by atoms with E-state index in [0.29, 0.717) is 19.6 Å². The number of ether oxygens (including phenoxy) is 2. The van der Waals surface area contributed by atoms with Gasteiger partial charge in [0, 0.05) is 44.8 Å². The van der Waals surface area contributed by atoms with E-state index in [4.69, 9.17) is 9.47 Å². The number of hydrogen-bond acceptors (Lipinski definition) is 6. The Morgan fingerprint density at radius 3 is 2.68 bits per heavy atom. The lowest BCUT2D eigenvalue weighted by molar-refractivity contribution is -0.00585. The molecule has 2 fully saturated rings. The summed E-state index contributed by atoms with van der Waals surface area (Å²) in [7, 11) is 0. The monoisotopic (exact) mass is 350 g/mol. The van der Waals surface area contributed by atoms with Crippen molar-refractivity contribution in [1.82, 2.24) is 9.80 Å². The number of nitrogens with zero attached hydrogens (tertiary/aromatic N) is 2. The van der Waals surface area contributed by atoms with E-state index in [9.17, 15) is 10.2 Å².